The molecule has 0 heterocycles. The van der Waals surface area contributed by atoms with Gasteiger partial charge in [-0.25, -0.2) is 13.2 Å². The van der Waals surface area contributed by atoms with Crippen molar-refractivity contribution in [3.05, 3.63) is 58.9 Å². The SMILES string of the molecule is CCCC[C@H]1CC[C@H](C2CCC(c3ccc(C(F)(F)Oc4cc(F)c(OC(F)F)c(F)c4)c(F)c3)CC2)CC1. The monoisotopic (exact) mass is 560 g/mol. The maximum absolute atomic E-state index is 14.9. The lowest BCUT2D eigenvalue weighted by atomic mass is 9.68. The summed E-state index contributed by atoms with van der Waals surface area (Å²) in [5.74, 6) is -4.59. The van der Waals surface area contributed by atoms with E-state index in [4.69, 9.17) is 0 Å². The molecule has 39 heavy (non-hydrogen) atoms. The second-order valence-corrected chi connectivity index (χ2v) is 11.0. The average Bonchev–Trinajstić information content (AvgIpc) is 2.89. The van der Waals surface area contributed by atoms with Crippen LogP contribution < -0.4 is 9.47 Å². The van der Waals surface area contributed by atoms with Crippen LogP contribution in [0.5, 0.6) is 11.5 Å². The summed E-state index contributed by atoms with van der Waals surface area (Å²) in [7, 11) is 0. The van der Waals surface area contributed by atoms with Crippen LogP contribution >= 0.6 is 0 Å². The molecule has 0 atom stereocenters. The van der Waals surface area contributed by atoms with Crippen molar-refractivity contribution in [3.8, 4) is 11.5 Å². The summed E-state index contributed by atoms with van der Waals surface area (Å²) in [6.07, 6.45) is 8.60. The Kier molecular flexibility index (Phi) is 9.70. The maximum atomic E-state index is 14.9. The molecule has 2 aliphatic carbocycles. The second-order valence-electron chi connectivity index (χ2n) is 11.0. The minimum absolute atomic E-state index is 0.0748. The molecule has 0 saturated heterocycles. The van der Waals surface area contributed by atoms with E-state index in [0.29, 0.717) is 11.5 Å². The minimum atomic E-state index is -4.26. The van der Waals surface area contributed by atoms with Crippen LogP contribution in [0.1, 0.15) is 94.6 Å². The fourth-order valence-electron chi connectivity index (χ4n) is 6.39. The Morgan fingerprint density at radius 2 is 1.41 bits per heavy atom. The predicted octanol–water partition coefficient (Wildman–Crippen LogP) is 10.1. The Labute approximate surface area is 224 Å². The van der Waals surface area contributed by atoms with Gasteiger partial charge in [0.15, 0.2) is 17.4 Å². The number of ether oxygens (including phenoxy) is 2. The number of benzene rings is 2. The van der Waals surface area contributed by atoms with Crippen molar-refractivity contribution in [1.82, 2.24) is 0 Å². The van der Waals surface area contributed by atoms with Crippen molar-refractivity contribution < 1.29 is 40.2 Å². The third-order valence-electron chi connectivity index (χ3n) is 8.50. The van der Waals surface area contributed by atoms with Crippen LogP contribution in [-0.2, 0) is 6.11 Å². The van der Waals surface area contributed by atoms with Crippen molar-refractivity contribution in [1.29, 1.82) is 0 Å². The highest BCUT2D eigenvalue weighted by Gasteiger charge is 2.39. The molecule has 2 nitrogen and oxygen atoms in total. The molecule has 0 unspecified atom stereocenters. The molecule has 0 amide bonds. The van der Waals surface area contributed by atoms with Crippen molar-refractivity contribution in [2.24, 2.45) is 17.8 Å². The van der Waals surface area contributed by atoms with E-state index < -0.39 is 47.2 Å². The van der Waals surface area contributed by atoms with Crippen molar-refractivity contribution in [2.75, 3.05) is 0 Å². The number of unbranched alkanes of at least 4 members (excludes halogenated alkanes) is 1. The first kappa shape index (κ1) is 29.5. The van der Waals surface area contributed by atoms with Gasteiger partial charge in [0.25, 0.3) is 0 Å². The zero-order valence-electron chi connectivity index (χ0n) is 22.0. The van der Waals surface area contributed by atoms with E-state index in [-0.39, 0.29) is 18.1 Å². The smallest absolute Gasteiger partial charge is 0.429 e. The molecule has 2 saturated carbocycles. The van der Waals surface area contributed by atoms with E-state index in [1.54, 1.807) is 0 Å². The van der Waals surface area contributed by atoms with Gasteiger partial charge < -0.3 is 9.47 Å². The molecule has 0 aliphatic heterocycles. The van der Waals surface area contributed by atoms with Crippen molar-refractivity contribution in [2.45, 2.75) is 96.2 Å². The van der Waals surface area contributed by atoms with Gasteiger partial charge in [-0.05, 0) is 79.9 Å². The zero-order valence-corrected chi connectivity index (χ0v) is 22.0. The van der Waals surface area contributed by atoms with Crippen LogP contribution in [0.4, 0.5) is 30.7 Å². The number of hydrogen-bond donors (Lipinski definition) is 0. The van der Waals surface area contributed by atoms with Gasteiger partial charge in [-0.15, -0.1) is 0 Å². The first-order valence-electron chi connectivity index (χ1n) is 13.9. The fraction of sp³-hybridized carbons (Fsp3) is 0.600. The molecule has 0 spiro atoms. The third kappa shape index (κ3) is 7.40. The summed E-state index contributed by atoms with van der Waals surface area (Å²) >= 11 is 0. The van der Waals surface area contributed by atoms with E-state index in [1.165, 1.54) is 51.0 Å². The molecule has 0 aromatic heterocycles. The number of halogens is 7. The highest BCUT2D eigenvalue weighted by molar-refractivity contribution is 5.36. The lowest BCUT2D eigenvalue weighted by molar-refractivity contribution is -0.187. The predicted molar refractivity (Wildman–Crippen MR) is 134 cm³/mol. The highest BCUT2D eigenvalue weighted by atomic mass is 19.3. The average molecular weight is 561 g/mol. The second kappa shape index (κ2) is 12.8. The quantitative estimate of drug-likeness (QED) is 0.269. The summed E-state index contributed by atoms with van der Waals surface area (Å²) < 4.78 is 105. The fourth-order valence-corrected chi connectivity index (χ4v) is 6.39. The van der Waals surface area contributed by atoms with Gasteiger partial charge in [-0.2, -0.15) is 17.6 Å². The van der Waals surface area contributed by atoms with Crippen molar-refractivity contribution >= 4 is 0 Å². The summed E-state index contributed by atoms with van der Waals surface area (Å²) in [6, 6.07) is 4.00. The summed E-state index contributed by atoms with van der Waals surface area (Å²) in [5.41, 5.74) is -0.451. The maximum Gasteiger partial charge on any atom is 0.429 e. The van der Waals surface area contributed by atoms with Gasteiger partial charge in [0.05, 0.1) is 5.56 Å². The first-order valence-corrected chi connectivity index (χ1v) is 13.9. The lowest BCUT2D eigenvalue weighted by Crippen LogP contribution is -2.26. The Bertz CT molecular complexity index is 1070. The van der Waals surface area contributed by atoms with Crippen LogP contribution in [0.3, 0.4) is 0 Å². The van der Waals surface area contributed by atoms with Crippen LogP contribution in [0.2, 0.25) is 0 Å². The molecule has 216 valence electrons. The van der Waals surface area contributed by atoms with E-state index >= 15 is 0 Å². The molecular formula is C30H35F7O2. The summed E-state index contributed by atoms with van der Waals surface area (Å²) in [6.45, 7) is -1.29. The minimum Gasteiger partial charge on any atom is -0.429 e. The zero-order chi connectivity index (χ0) is 28.2. The summed E-state index contributed by atoms with van der Waals surface area (Å²) in [5, 5.41) is 0. The van der Waals surface area contributed by atoms with E-state index in [9.17, 15) is 30.7 Å². The molecule has 0 bridgehead atoms. The Morgan fingerprint density at radius 1 is 0.821 bits per heavy atom. The molecule has 2 aromatic carbocycles. The molecule has 9 heteroatoms. The standard InChI is InChI=1S/C30H35F7O2/c1-2-3-4-18-5-7-19(8-6-18)20-9-11-21(12-10-20)22-13-14-24(25(31)15-22)30(36,37)39-23-16-26(32)28(27(33)17-23)38-29(34)35/h13-21,29H,2-12H2,1H3/t18-,19-,20?,21?. The molecule has 0 radical (unpaired) electrons. The summed E-state index contributed by atoms with van der Waals surface area (Å²) in [4.78, 5) is 0. The molecular weight excluding hydrogens is 525 g/mol. The van der Waals surface area contributed by atoms with Gasteiger partial charge in [0.1, 0.15) is 11.6 Å². The molecule has 2 aromatic rings. The van der Waals surface area contributed by atoms with E-state index in [0.717, 1.165) is 49.7 Å². The number of rotatable bonds is 10. The molecule has 2 fully saturated rings. The Balaban J connectivity index is 1.35. The third-order valence-corrected chi connectivity index (χ3v) is 8.50. The highest BCUT2D eigenvalue weighted by Crippen LogP contribution is 2.45. The molecule has 4 rings (SSSR count). The van der Waals surface area contributed by atoms with Crippen molar-refractivity contribution in [3.63, 3.8) is 0 Å². The van der Waals surface area contributed by atoms with Crippen LogP contribution in [0.25, 0.3) is 0 Å². The van der Waals surface area contributed by atoms with Gasteiger partial charge in [-0.1, -0.05) is 45.1 Å². The van der Waals surface area contributed by atoms with Gasteiger partial charge in [-0.3, -0.25) is 0 Å². The van der Waals surface area contributed by atoms with Gasteiger partial charge >= 0.3 is 12.7 Å². The topological polar surface area (TPSA) is 18.5 Å². The van der Waals surface area contributed by atoms with Crippen LogP contribution in [0.15, 0.2) is 30.3 Å². The largest absolute Gasteiger partial charge is 0.429 e. The molecule has 2 aliphatic rings. The molecule has 0 N–H and O–H groups in total. The van der Waals surface area contributed by atoms with E-state index in [1.807, 2.05) is 0 Å². The Hall–Kier alpha value is -2.45. The van der Waals surface area contributed by atoms with Crippen LogP contribution in [-0.4, -0.2) is 6.61 Å². The van der Waals surface area contributed by atoms with Gasteiger partial charge in [0.2, 0.25) is 0 Å². The number of alkyl halides is 4. The normalized spacial score (nSPS) is 24.1. The van der Waals surface area contributed by atoms with Crippen LogP contribution in [0, 0.1) is 35.2 Å². The van der Waals surface area contributed by atoms with E-state index in [2.05, 4.69) is 16.4 Å². The van der Waals surface area contributed by atoms with Gasteiger partial charge in [0, 0.05) is 12.1 Å². The lowest BCUT2D eigenvalue weighted by Gasteiger charge is -2.38. The Morgan fingerprint density at radius 3 is 1.95 bits per heavy atom. The first-order chi connectivity index (χ1) is 18.6. The number of hydrogen-bond acceptors (Lipinski definition) is 2.